The molecule has 138 valence electrons. The number of carbonyl (C=O) groups excluding carboxylic acids is 1. The van der Waals surface area contributed by atoms with Crippen molar-refractivity contribution < 1.29 is 4.79 Å². The first-order valence-electron chi connectivity index (χ1n) is 8.88. The molecule has 0 fully saturated rings. The van der Waals surface area contributed by atoms with Crippen LogP contribution in [-0.4, -0.2) is 15.6 Å². The lowest BCUT2D eigenvalue weighted by Gasteiger charge is -2.09. The highest BCUT2D eigenvalue weighted by atomic mass is 79.9. The fraction of sp³-hybridized carbons (Fsp3) is 0.227. The van der Waals surface area contributed by atoms with Gasteiger partial charge in [0, 0.05) is 21.7 Å². The third-order valence-electron chi connectivity index (χ3n) is 4.22. The number of rotatable bonds is 6. The molecule has 0 amide bonds. The Kier molecular flexibility index (Phi) is 6.01. The minimum Gasteiger partial charge on any atom is -0.292 e. The molecule has 5 heteroatoms. The molecule has 1 heterocycles. The van der Waals surface area contributed by atoms with Crippen molar-refractivity contribution in [3.63, 3.8) is 0 Å². The van der Waals surface area contributed by atoms with E-state index in [2.05, 4.69) is 47.0 Å². The first-order valence-corrected chi connectivity index (χ1v) is 9.68. The monoisotopic (exact) mass is 424 g/mol. The molecular formula is C22H21BrN2O2. The molecule has 0 aliphatic rings. The summed E-state index contributed by atoms with van der Waals surface area (Å²) in [5.74, 6) is 0.446. The lowest BCUT2D eigenvalue weighted by atomic mass is 10.0. The SMILES string of the molecule is CC(C)Cc1ccc(-c2ccc(=O)n(CC(=O)c3ccc(Br)cc3)n2)cc1. The van der Waals surface area contributed by atoms with Crippen LogP contribution in [0.3, 0.4) is 0 Å². The van der Waals surface area contributed by atoms with E-state index in [1.54, 1.807) is 30.3 Å². The maximum absolute atomic E-state index is 12.5. The molecule has 0 spiro atoms. The Labute approximate surface area is 167 Å². The van der Waals surface area contributed by atoms with Gasteiger partial charge < -0.3 is 0 Å². The lowest BCUT2D eigenvalue weighted by molar-refractivity contribution is 0.0966. The van der Waals surface area contributed by atoms with Gasteiger partial charge in [0.25, 0.3) is 5.56 Å². The van der Waals surface area contributed by atoms with Crippen LogP contribution in [0.2, 0.25) is 0 Å². The second-order valence-corrected chi connectivity index (χ2v) is 7.86. The first-order chi connectivity index (χ1) is 12.9. The molecule has 0 aliphatic heterocycles. The van der Waals surface area contributed by atoms with Crippen molar-refractivity contribution in [2.75, 3.05) is 0 Å². The minimum absolute atomic E-state index is 0.0836. The molecule has 0 unspecified atom stereocenters. The zero-order valence-corrected chi connectivity index (χ0v) is 16.9. The van der Waals surface area contributed by atoms with E-state index in [4.69, 9.17) is 0 Å². The van der Waals surface area contributed by atoms with Gasteiger partial charge in [0.1, 0.15) is 6.54 Å². The van der Waals surface area contributed by atoms with Gasteiger partial charge in [-0.15, -0.1) is 0 Å². The summed E-state index contributed by atoms with van der Waals surface area (Å²) in [4.78, 5) is 24.6. The molecule has 3 rings (SSSR count). The molecule has 2 aromatic carbocycles. The topological polar surface area (TPSA) is 52.0 Å². The van der Waals surface area contributed by atoms with Crippen molar-refractivity contribution in [3.05, 3.63) is 86.6 Å². The van der Waals surface area contributed by atoms with Crippen molar-refractivity contribution in [2.45, 2.75) is 26.8 Å². The first kappa shape index (κ1) is 19.2. The number of Topliss-reactive ketones (excluding diaryl/α,β-unsaturated/α-hetero) is 1. The van der Waals surface area contributed by atoms with E-state index in [1.807, 2.05) is 12.1 Å². The highest BCUT2D eigenvalue weighted by Gasteiger charge is 2.10. The fourth-order valence-corrected chi connectivity index (χ4v) is 3.13. The Morgan fingerprint density at radius 1 is 1.00 bits per heavy atom. The molecule has 0 radical (unpaired) electrons. The van der Waals surface area contributed by atoms with Crippen molar-refractivity contribution >= 4 is 21.7 Å². The van der Waals surface area contributed by atoms with Crippen molar-refractivity contribution in [2.24, 2.45) is 5.92 Å². The Bertz CT molecular complexity index is 990. The molecular weight excluding hydrogens is 404 g/mol. The third kappa shape index (κ3) is 5.01. The van der Waals surface area contributed by atoms with Crippen molar-refractivity contribution in [3.8, 4) is 11.3 Å². The maximum Gasteiger partial charge on any atom is 0.267 e. The second-order valence-electron chi connectivity index (χ2n) is 6.94. The Morgan fingerprint density at radius 3 is 2.30 bits per heavy atom. The predicted molar refractivity (Wildman–Crippen MR) is 111 cm³/mol. The summed E-state index contributed by atoms with van der Waals surface area (Å²) in [5, 5.41) is 4.39. The van der Waals surface area contributed by atoms with Crippen molar-refractivity contribution in [1.82, 2.24) is 9.78 Å². The largest absolute Gasteiger partial charge is 0.292 e. The van der Waals surface area contributed by atoms with Gasteiger partial charge >= 0.3 is 0 Å². The van der Waals surface area contributed by atoms with Crippen LogP contribution in [0.15, 0.2) is 69.9 Å². The van der Waals surface area contributed by atoms with E-state index in [9.17, 15) is 9.59 Å². The Hall–Kier alpha value is -2.53. The van der Waals surface area contributed by atoms with Gasteiger partial charge in [0.15, 0.2) is 5.78 Å². The predicted octanol–water partition coefficient (Wildman–Crippen LogP) is 4.75. The second kappa shape index (κ2) is 8.44. The lowest BCUT2D eigenvalue weighted by Crippen LogP contribution is -2.26. The number of hydrogen-bond donors (Lipinski definition) is 0. The quantitative estimate of drug-likeness (QED) is 0.536. The number of ketones is 1. The van der Waals surface area contributed by atoms with Gasteiger partial charge in [-0.3, -0.25) is 9.59 Å². The van der Waals surface area contributed by atoms with E-state index in [0.29, 0.717) is 17.2 Å². The van der Waals surface area contributed by atoms with Crippen LogP contribution in [-0.2, 0) is 13.0 Å². The smallest absolute Gasteiger partial charge is 0.267 e. The molecule has 0 saturated heterocycles. The third-order valence-corrected chi connectivity index (χ3v) is 4.75. The van der Waals surface area contributed by atoms with Crippen LogP contribution >= 0.6 is 15.9 Å². The Morgan fingerprint density at radius 2 is 1.67 bits per heavy atom. The van der Waals surface area contributed by atoms with E-state index in [1.165, 1.54) is 16.3 Å². The summed E-state index contributed by atoms with van der Waals surface area (Å²) in [6, 6.07) is 18.4. The normalized spacial score (nSPS) is 11.0. The van der Waals surface area contributed by atoms with E-state index >= 15 is 0 Å². The van der Waals surface area contributed by atoms with Crippen molar-refractivity contribution in [1.29, 1.82) is 0 Å². The number of carbonyl (C=O) groups is 1. The van der Waals surface area contributed by atoms with Crippen LogP contribution in [0.25, 0.3) is 11.3 Å². The highest BCUT2D eigenvalue weighted by Crippen LogP contribution is 2.18. The van der Waals surface area contributed by atoms with E-state index < -0.39 is 0 Å². The molecule has 3 aromatic rings. The summed E-state index contributed by atoms with van der Waals surface area (Å²) in [6.45, 7) is 4.29. The minimum atomic E-state index is -0.291. The van der Waals surface area contributed by atoms with Crippen LogP contribution in [0.4, 0.5) is 0 Å². The van der Waals surface area contributed by atoms with Gasteiger partial charge in [-0.05, 0) is 36.1 Å². The van der Waals surface area contributed by atoms with Gasteiger partial charge in [-0.25, -0.2) is 4.68 Å². The molecule has 0 aliphatic carbocycles. The molecule has 0 bridgehead atoms. The zero-order chi connectivity index (χ0) is 19.4. The summed E-state index contributed by atoms with van der Waals surface area (Å²) in [7, 11) is 0. The molecule has 4 nitrogen and oxygen atoms in total. The summed E-state index contributed by atoms with van der Waals surface area (Å²) in [5.41, 5.74) is 3.13. The van der Waals surface area contributed by atoms with Crippen LogP contribution in [0, 0.1) is 5.92 Å². The number of hydrogen-bond acceptors (Lipinski definition) is 3. The summed E-state index contributed by atoms with van der Waals surface area (Å²) >= 11 is 3.35. The standard InChI is InChI=1S/C22H21BrN2O2/c1-15(2)13-16-3-5-17(6-4-16)20-11-12-22(27)25(24-20)14-21(26)18-7-9-19(23)10-8-18/h3-12,15H,13-14H2,1-2H3. The highest BCUT2D eigenvalue weighted by molar-refractivity contribution is 9.10. The number of aromatic nitrogens is 2. The average molecular weight is 425 g/mol. The molecule has 0 saturated carbocycles. The number of nitrogens with zero attached hydrogens (tertiary/aromatic N) is 2. The van der Waals surface area contributed by atoms with Crippen LogP contribution in [0.5, 0.6) is 0 Å². The molecule has 1 aromatic heterocycles. The van der Waals surface area contributed by atoms with Gasteiger partial charge in [-0.2, -0.15) is 5.10 Å². The van der Waals surface area contributed by atoms with E-state index in [0.717, 1.165) is 16.5 Å². The number of halogens is 1. The van der Waals surface area contributed by atoms with Crippen LogP contribution < -0.4 is 5.56 Å². The van der Waals surface area contributed by atoms with Gasteiger partial charge in [0.05, 0.1) is 5.69 Å². The Balaban J connectivity index is 1.82. The number of benzene rings is 2. The molecule has 27 heavy (non-hydrogen) atoms. The summed E-state index contributed by atoms with van der Waals surface area (Å²) in [6.07, 6.45) is 1.02. The fourth-order valence-electron chi connectivity index (χ4n) is 2.86. The van der Waals surface area contributed by atoms with Crippen LogP contribution in [0.1, 0.15) is 29.8 Å². The molecule has 0 N–H and O–H groups in total. The maximum atomic E-state index is 12.5. The summed E-state index contributed by atoms with van der Waals surface area (Å²) < 4.78 is 2.12. The zero-order valence-electron chi connectivity index (χ0n) is 15.4. The van der Waals surface area contributed by atoms with Gasteiger partial charge in [0.2, 0.25) is 0 Å². The van der Waals surface area contributed by atoms with E-state index in [-0.39, 0.29) is 17.9 Å². The average Bonchev–Trinajstić information content (AvgIpc) is 2.64. The molecule has 0 atom stereocenters. The van der Waals surface area contributed by atoms with Gasteiger partial charge in [-0.1, -0.05) is 66.2 Å².